The van der Waals surface area contributed by atoms with E-state index in [2.05, 4.69) is 49.6 Å². The van der Waals surface area contributed by atoms with Crippen molar-refractivity contribution in [2.45, 2.75) is 44.9 Å². The van der Waals surface area contributed by atoms with Crippen LogP contribution in [-0.4, -0.2) is 53.0 Å². The molecular formula is C26H36N6O3. The normalized spacial score (nSPS) is 18.9. The number of hydroxylamine groups is 1. The van der Waals surface area contributed by atoms with Gasteiger partial charge < -0.3 is 19.5 Å². The van der Waals surface area contributed by atoms with Gasteiger partial charge in [0.05, 0.1) is 5.56 Å². The highest BCUT2D eigenvalue weighted by molar-refractivity contribution is 5.92. The molecule has 9 heteroatoms. The van der Waals surface area contributed by atoms with Crippen molar-refractivity contribution in [1.82, 2.24) is 25.3 Å². The summed E-state index contributed by atoms with van der Waals surface area (Å²) in [5.74, 6) is 0.889. The fraction of sp³-hybridized carbons (Fsp3) is 0.500. The second-order valence-corrected chi connectivity index (χ2v) is 9.15. The fourth-order valence-electron chi connectivity index (χ4n) is 4.69. The van der Waals surface area contributed by atoms with Crippen LogP contribution in [0.2, 0.25) is 0 Å². The first-order valence-corrected chi connectivity index (χ1v) is 12.4. The Morgan fingerprint density at radius 3 is 2.63 bits per heavy atom. The number of carbonyl (C=O) groups excluding carboxylic acids is 1. The van der Waals surface area contributed by atoms with Crippen molar-refractivity contribution in [1.29, 1.82) is 0 Å². The summed E-state index contributed by atoms with van der Waals surface area (Å²) in [5.41, 5.74) is 6.29. The Kier molecular flexibility index (Phi) is 8.68. The third kappa shape index (κ3) is 6.36. The lowest BCUT2D eigenvalue weighted by Gasteiger charge is -2.32. The summed E-state index contributed by atoms with van der Waals surface area (Å²) in [6, 6.07) is 0. The van der Waals surface area contributed by atoms with E-state index in [0.717, 1.165) is 69.5 Å². The number of nitrogens with zero attached hydrogens (tertiary/aromatic N) is 4. The molecule has 4 heterocycles. The van der Waals surface area contributed by atoms with Gasteiger partial charge in [-0.15, -0.1) is 0 Å². The third-order valence-electron chi connectivity index (χ3n) is 6.72. The zero-order valence-corrected chi connectivity index (χ0v) is 20.5. The molecule has 0 saturated carbocycles. The van der Waals surface area contributed by atoms with Crippen molar-refractivity contribution >= 4 is 24.0 Å². The molecule has 2 N–H and O–H groups in total. The van der Waals surface area contributed by atoms with Gasteiger partial charge in [0.2, 0.25) is 5.95 Å². The molecule has 2 aromatic rings. The van der Waals surface area contributed by atoms with E-state index in [1.807, 2.05) is 19.2 Å². The first-order chi connectivity index (χ1) is 17.1. The first kappa shape index (κ1) is 25.1. The fourth-order valence-corrected chi connectivity index (χ4v) is 4.69. The molecule has 0 bridgehead atoms. The molecule has 0 spiro atoms. The minimum atomic E-state index is -0.384. The highest BCUT2D eigenvalue weighted by Gasteiger charge is 2.22. The van der Waals surface area contributed by atoms with E-state index >= 15 is 0 Å². The zero-order chi connectivity index (χ0) is 24.6. The number of rotatable bonds is 10. The maximum atomic E-state index is 12.3. The molecule has 2 fully saturated rings. The average molecular weight is 481 g/mol. The highest BCUT2D eigenvalue weighted by atomic mass is 16.8. The van der Waals surface area contributed by atoms with E-state index < -0.39 is 0 Å². The van der Waals surface area contributed by atoms with Crippen LogP contribution in [0.1, 0.15) is 59.3 Å². The Labute approximate surface area is 207 Å². The van der Waals surface area contributed by atoms with Gasteiger partial charge in [0.1, 0.15) is 0 Å². The number of amides is 1. The number of hydrogen-bond donors (Lipinski definition) is 2. The maximum absolute atomic E-state index is 12.3. The number of anilines is 1. The first-order valence-electron chi connectivity index (χ1n) is 12.4. The van der Waals surface area contributed by atoms with Crippen LogP contribution < -0.4 is 15.7 Å². The molecule has 188 valence electrons. The van der Waals surface area contributed by atoms with Crippen molar-refractivity contribution in [3.8, 4) is 0 Å². The van der Waals surface area contributed by atoms with Crippen molar-refractivity contribution in [2.75, 3.05) is 31.1 Å². The smallest absolute Gasteiger partial charge is 0.278 e. The number of hydrogen-bond acceptors (Lipinski definition) is 7. The van der Waals surface area contributed by atoms with Crippen LogP contribution >= 0.6 is 0 Å². The Morgan fingerprint density at radius 2 is 1.97 bits per heavy atom. The predicted molar refractivity (Wildman–Crippen MR) is 136 cm³/mol. The van der Waals surface area contributed by atoms with Gasteiger partial charge in [-0.2, -0.15) is 0 Å². The van der Waals surface area contributed by atoms with Crippen molar-refractivity contribution in [2.24, 2.45) is 13.0 Å². The molecule has 1 atom stereocenters. The number of aromatic nitrogens is 3. The Balaban J connectivity index is 1.20. The van der Waals surface area contributed by atoms with E-state index in [1.165, 1.54) is 5.56 Å². The van der Waals surface area contributed by atoms with Crippen LogP contribution in [0.3, 0.4) is 0 Å². The average Bonchev–Trinajstić information content (AvgIpc) is 3.22. The number of piperidine rings is 1. The van der Waals surface area contributed by atoms with Crippen LogP contribution in [0.5, 0.6) is 0 Å². The van der Waals surface area contributed by atoms with E-state index in [1.54, 1.807) is 12.4 Å². The molecule has 2 aromatic heterocycles. The Hall–Kier alpha value is -3.01. The second kappa shape index (κ2) is 12.1. The number of nitrogens with one attached hydrogen (secondary N) is 2. The molecule has 0 radical (unpaired) electrons. The van der Waals surface area contributed by atoms with Gasteiger partial charge in [0.25, 0.3) is 5.91 Å². The Morgan fingerprint density at radius 1 is 1.20 bits per heavy atom. The van der Waals surface area contributed by atoms with E-state index in [4.69, 9.17) is 9.57 Å². The van der Waals surface area contributed by atoms with Gasteiger partial charge in [-0.1, -0.05) is 19.2 Å². The molecule has 0 aromatic carbocycles. The number of carbonyl (C=O) groups is 1. The summed E-state index contributed by atoms with van der Waals surface area (Å²) < 4.78 is 7.54. The predicted octanol–water partition coefficient (Wildman–Crippen LogP) is 3.30. The summed E-state index contributed by atoms with van der Waals surface area (Å²) in [5, 5.41) is 3.61. The van der Waals surface area contributed by atoms with E-state index in [9.17, 15) is 4.79 Å². The van der Waals surface area contributed by atoms with Crippen LogP contribution in [0, 0.1) is 5.92 Å². The van der Waals surface area contributed by atoms with Gasteiger partial charge in [-0.3, -0.25) is 4.79 Å². The molecular weight excluding hydrogens is 444 g/mol. The van der Waals surface area contributed by atoms with Crippen molar-refractivity contribution < 1.29 is 14.4 Å². The summed E-state index contributed by atoms with van der Waals surface area (Å²) in [6.07, 6.45) is 13.6. The summed E-state index contributed by atoms with van der Waals surface area (Å²) >= 11 is 0. The highest BCUT2D eigenvalue weighted by Crippen LogP contribution is 2.22. The molecule has 2 aliphatic heterocycles. The molecule has 1 amide bonds. The molecule has 2 saturated heterocycles. The standard InChI is InChI=1S/C26H36N6O3/c1-4-22-21(18-31(3)23(22)5-2)15-27-14-19-9-11-32(12-10-19)26-28-16-20(17-29-26)25(33)30-35-24-8-6-7-13-34-24/h4-5,16-19,24,27H,1-2,6-15H2,3H3,(H,30,33). The topological polar surface area (TPSA) is 93.5 Å². The molecule has 0 aliphatic carbocycles. The molecule has 35 heavy (non-hydrogen) atoms. The lowest BCUT2D eigenvalue weighted by molar-refractivity contribution is -0.186. The van der Waals surface area contributed by atoms with E-state index in [-0.39, 0.29) is 12.2 Å². The SMILES string of the molecule is C=Cc1c(CNCC2CCN(c3ncc(C(=O)NOC4CCCCO4)cn3)CC2)cn(C)c1C=C. The van der Waals surface area contributed by atoms with E-state index in [0.29, 0.717) is 24.0 Å². The van der Waals surface area contributed by atoms with Gasteiger partial charge in [0.15, 0.2) is 6.29 Å². The third-order valence-corrected chi connectivity index (χ3v) is 6.72. The number of ether oxygens (including phenoxy) is 1. The van der Waals surface area contributed by atoms with Gasteiger partial charge in [0, 0.05) is 69.6 Å². The monoisotopic (exact) mass is 480 g/mol. The quantitative estimate of drug-likeness (QED) is 0.504. The van der Waals surface area contributed by atoms with Crippen LogP contribution in [0.15, 0.2) is 31.7 Å². The summed E-state index contributed by atoms with van der Waals surface area (Å²) in [6.45, 7) is 12.1. The summed E-state index contributed by atoms with van der Waals surface area (Å²) in [7, 11) is 2.03. The minimum absolute atomic E-state index is 0.364. The molecule has 9 nitrogen and oxygen atoms in total. The van der Waals surface area contributed by atoms with Crippen LogP contribution in [0.25, 0.3) is 12.2 Å². The lowest BCUT2D eigenvalue weighted by Crippen LogP contribution is -2.38. The van der Waals surface area contributed by atoms with Crippen LogP contribution in [-0.2, 0) is 23.2 Å². The molecule has 2 aliphatic rings. The Bertz CT molecular complexity index is 1000. The zero-order valence-electron chi connectivity index (χ0n) is 20.5. The largest absolute Gasteiger partial charge is 0.350 e. The van der Waals surface area contributed by atoms with Crippen molar-refractivity contribution in [3.63, 3.8) is 0 Å². The minimum Gasteiger partial charge on any atom is -0.350 e. The van der Waals surface area contributed by atoms with Gasteiger partial charge >= 0.3 is 0 Å². The summed E-state index contributed by atoms with van der Waals surface area (Å²) in [4.78, 5) is 28.6. The molecule has 1 unspecified atom stereocenters. The number of aryl methyl sites for hydroxylation is 1. The molecule has 4 rings (SSSR count). The second-order valence-electron chi connectivity index (χ2n) is 9.15. The van der Waals surface area contributed by atoms with Crippen LogP contribution in [0.4, 0.5) is 5.95 Å². The van der Waals surface area contributed by atoms with Crippen molar-refractivity contribution in [3.05, 3.63) is 54.1 Å². The van der Waals surface area contributed by atoms with Gasteiger partial charge in [-0.25, -0.2) is 20.3 Å². The lowest BCUT2D eigenvalue weighted by atomic mass is 9.97. The van der Waals surface area contributed by atoms with Gasteiger partial charge in [-0.05, 0) is 49.8 Å². The maximum Gasteiger partial charge on any atom is 0.278 e.